The third-order valence-electron chi connectivity index (χ3n) is 9.48. The fourth-order valence-corrected chi connectivity index (χ4v) is 7.84. The lowest BCUT2D eigenvalue weighted by atomic mass is 9.73. The molecule has 0 spiro atoms. The molecule has 0 radical (unpaired) electrons. The number of rotatable bonds is 3. The van der Waals surface area contributed by atoms with E-state index in [9.17, 15) is 0 Å². The van der Waals surface area contributed by atoms with Crippen molar-refractivity contribution in [1.82, 2.24) is 0 Å². The van der Waals surface area contributed by atoms with Gasteiger partial charge in [-0.05, 0) is 72.6 Å². The highest BCUT2D eigenvalue weighted by Gasteiger charge is 2.43. The van der Waals surface area contributed by atoms with Crippen LogP contribution in [0.15, 0.2) is 84.6 Å². The van der Waals surface area contributed by atoms with Crippen LogP contribution in [0.25, 0.3) is 0 Å². The summed E-state index contributed by atoms with van der Waals surface area (Å²) in [6.45, 7) is 2.50. The molecule has 174 valence electrons. The van der Waals surface area contributed by atoms with E-state index in [4.69, 9.17) is 0 Å². The molecule has 0 amide bonds. The Morgan fingerprint density at radius 1 is 0.735 bits per heavy atom. The topological polar surface area (TPSA) is 6.48 Å². The van der Waals surface area contributed by atoms with Gasteiger partial charge in [-0.15, -0.1) is 0 Å². The van der Waals surface area contributed by atoms with Gasteiger partial charge < -0.3 is 9.80 Å². The normalized spacial score (nSPS) is 33.6. The van der Waals surface area contributed by atoms with E-state index < -0.39 is 0 Å². The number of nitrogens with zero attached hydrogens (tertiary/aromatic N) is 2. The summed E-state index contributed by atoms with van der Waals surface area (Å²) in [4.78, 5) is 5.19. The molecule has 2 aliphatic heterocycles. The SMILES string of the molecule is CC1CCCCC1C1=CN(c2ccc(N3c4ccccc4C4C=CC=CC43)cc2)C2CCCC12. The van der Waals surface area contributed by atoms with E-state index in [0.717, 1.165) is 17.8 Å². The number of fused-ring (bicyclic) bond motifs is 4. The lowest BCUT2D eigenvalue weighted by Crippen LogP contribution is -2.30. The van der Waals surface area contributed by atoms with Crippen LogP contribution in [0.3, 0.4) is 0 Å². The van der Waals surface area contributed by atoms with E-state index in [1.807, 2.05) is 0 Å². The van der Waals surface area contributed by atoms with Gasteiger partial charge in [-0.2, -0.15) is 0 Å². The van der Waals surface area contributed by atoms with Crippen molar-refractivity contribution in [2.24, 2.45) is 17.8 Å². The van der Waals surface area contributed by atoms with Crippen molar-refractivity contribution < 1.29 is 0 Å². The molecule has 0 saturated heterocycles. The number of para-hydroxylation sites is 1. The van der Waals surface area contributed by atoms with Gasteiger partial charge in [0.15, 0.2) is 0 Å². The third kappa shape index (κ3) is 3.14. The van der Waals surface area contributed by atoms with Crippen LogP contribution in [0.4, 0.5) is 17.1 Å². The molecule has 0 bridgehead atoms. The second-order valence-corrected chi connectivity index (χ2v) is 11.2. The fourth-order valence-electron chi connectivity index (χ4n) is 7.84. The molecule has 34 heavy (non-hydrogen) atoms. The smallest absolute Gasteiger partial charge is 0.0629 e. The Labute approximate surface area is 204 Å². The molecule has 2 heterocycles. The van der Waals surface area contributed by atoms with Crippen LogP contribution in [0.2, 0.25) is 0 Å². The first kappa shape index (κ1) is 20.6. The van der Waals surface area contributed by atoms with Crippen LogP contribution in [-0.2, 0) is 0 Å². The van der Waals surface area contributed by atoms with Crippen LogP contribution >= 0.6 is 0 Å². The Balaban J connectivity index is 1.20. The zero-order valence-electron chi connectivity index (χ0n) is 20.3. The molecule has 7 rings (SSSR count). The minimum atomic E-state index is 0.374. The number of anilines is 3. The molecule has 5 aliphatic rings. The first-order valence-corrected chi connectivity index (χ1v) is 13.6. The molecule has 2 aromatic carbocycles. The highest BCUT2D eigenvalue weighted by molar-refractivity contribution is 5.76. The molecule has 6 unspecified atom stereocenters. The van der Waals surface area contributed by atoms with E-state index in [1.165, 1.54) is 67.6 Å². The van der Waals surface area contributed by atoms with Gasteiger partial charge in [-0.25, -0.2) is 0 Å². The van der Waals surface area contributed by atoms with E-state index in [2.05, 4.69) is 95.8 Å². The molecule has 0 N–H and O–H groups in total. The average Bonchev–Trinajstić information content (AvgIpc) is 3.57. The van der Waals surface area contributed by atoms with Crippen molar-refractivity contribution in [2.75, 3.05) is 9.80 Å². The van der Waals surface area contributed by atoms with E-state index >= 15 is 0 Å². The summed E-state index contributed by atoms with van der Waals surface area (Å²) in [6.07, 6.45) is 21.5. The molecule has 0 aromatic heterocycles. The maximum Gasteiger partial charge on any atom is 0.0629 e. The van der Waals surface area contributed by atoms with Gasteiger partial charge in [0, 0.05) is 41.1 Å². The van der Waals surface area contributed by atoms with Gasteiger partial charge in [-0.1, -0.05) is 75.1 Å². The summed E-state index contributed by atoms with van der Waals surface area (Å²) in [6, 6.07) is 19.5. The summed E-state index contributed by atoms with van der Waals surface area (Å²) in [7, 11) is 0. The lowest BCUT2D eigenvalue weighted by molar-refractivity contribution is 0.276. The quantitative estimate of drug-likeness (QED) is 0.468. The predicted molar refractivity (Wildman–Crippen MR) is 143 cm³/mol. The largest absolute Gasteiger partial charge is 0.344 e. The zero-order valence-corrected chi connectivity index (χ0v) is 20.3. The maximum absolute atomic E-state index is 2.65. The molecule has 2 saturated carbocycles. The molecule has 2 aromatic rings. The van der Waals surface area contributed by atoms with Crippen molar-refractivity contribution >= 4 is 17.1 Å². The fraction of sp³-hybridized carbons (Fsp3) is 0.438. The van der Waals surface area contributed by atoms with Crippen molar-refractivity contribution in [1.29, 1.82) is 0 Å². The average molecular weight is 449 g/mol. The summed E-state index contributed by atoms with van der Waals surface area (Å²) < 4.78 is 0. The summed E-state index contributed by atoms with van der Waals surface area (Å²) >= 11 is 0. The van der Waals surface area contributed by atoms with Crippen LogP contribution in [0.1, 0.15) is 63.4 Å². The third-order valence-corrected chi connectivity index (χ3v) is 9.48. The Hall–Kier alpha value is -2.74. The number of hydrogen-bond donors (Lipinski definition) is 0. The standard InChI is InChI=1S/C32H36N2/c1-22-9-2-3-10-25(22)29-21-33(30-16-8-13-28(29)30)23-17-19-24(20-18-23)34-31-14-6-4-11-26(31)27-12-5-7-15-32(27)34/h4-7,11-12,14-15,17-22,25-26,28,30-31H,2-3,8-10,13,16H2,1H3. The number of benzene rings is 2. The van der Waals surface area contributed by atoms with Gasteiger partial charge in [0.25, 0.3) is 0 Å². The van der Waals surface area contributed by atoms with E-state index in [0.29, 0.717) is 18.0 Å². The molecule has 2 heteroatoms. The Kier molecular flexibility index (Phi) is 4.96. The molecule has 2 nitrogen and oxygen atoms in total. The van der Waals surface area contributed by atoms with Crippen LogP contribution in [0, 0.1) is 17.8 Å². The highest BCUT2D eigenvalue weighted by atomic mass is 15.2. The molecule has 3 aliphatic carbocycles. The first-order valence-electron chi connectivity index (χ1n) is 13.6. The molecule has 2 fully saturated rings. The van der Waals surface area contributed by atoms with E-state index in [1.54, 1.807) is 5.57 Å². The Bertz CT molecular complexity index is 1160. The van der Waals surface area contributed by atoms with E-state index in [-0.39, 0.29) is 0 Å². The monoisotopic (exact) mass is 448 g/mol. The Morgan fingerprint density at radius 3 is 2.38 bits per heavy atom. The van der Waals surface area contributed by atoms with Gasteiger partial charge in [-0.3, -0.25) is 0 Å². The van der Waals surface area contributed by atoms with Crippen LogP contribution < -0.4 is 9.80 Å². The summed E-state index contributed by atoms with van der Waals surface area (Å²) in [5.41, 5.74) is 7.26. The minimum Gasteiger partial charge on any atom is -0.344 e. The minimum absolute atomic E-state index is 0.374. The van der Waals surface area contributed by atoms with Crippen LogP contribution in [0.5, 0.6) is 0 Å². The van der Waals surface area contributed by atoms with Crippen molar-refractivity contribution in [3.63, 3.8) is 0 Å². The second kappa shape index (κ2) is 8.18. The number of allylic oxidation sites excluding steroid dienone is 2. The first-order chi connectivity index (χ1) is 16.8. The van der Waals surface area contributed by atoms with Crippen molar-refractivity contribution in [2.45, 2.75) is 69.9 Å². The van der Waals surface area contributed by atoms with Gasteiger partial charge >= 0.3 is 0 Å². The van der Waals surface area contributed by atoms with Gasteiger partial charge in [0.05, 0.1) is 6.04 Å². The van der Waals surface area contributed by atoms with Gasteiger partial charge in [0.2, 0.25) is 0 Å². The zero-order chi connectivity index (χ0) is 22.6. The molecule has 6 atom stereocenters. The maximum atomic E-state index is 2.65. The lowest BCUT2D eigenvalue weighted by Gasteiger charge is -2.32. The predicted octanol–water partition coefficient (Wildman–Crippen LogP) is 8.12. The Morgan fingerprint density at radius 2 is 1.50 bits per heavy atom. The van der Waals surface area contributed by atoms with Crippen molar-refractivity contribution in [3.8, 4) is 0 Å². The number of hydrogen-bond acceptors (Lipinski definition) is 2. The molecular weight excluding hydrogens is 412 g/mol. The summed E-state index contributed by atoms with van der Waals surface area (Å²) in [5, 5.41) is 0. The summed E-state index contributed by atoms with van der Waals surface area (Å²) in [5.74, 6) is 2.90. The van der Waals surface area contributed by atoms with Gasteiger partial charge in [0.1, 0.15) is 0 Å². The van der Waals surface area contributed by atoms with Crippen molar-refractivity contribution in [3.05, 3.63) is 90.2 Å². The second-order valence-electron chi connectivity index (χ2n) is 11.2. The highest BCUT2D eigenvalue weighted by Crippen LogP contribution is 2.51. The van der Waals surface area contributed by atoms with Crippen LogP contribution in [-0.4, -0.2) is 12.1 Å². The molecular formula is C32H36N2.